The SMILES string of the molecule is CC1CC(C2CCNC2)CN1. The summed E-state index contributed by atoms with van der Waals surface area (Å²) in [6, 6.07) is 0.764. The first-order valence-electron chi connectivity index (χ1n) is 4.80. The first-order valence-corrected chi connectivity index (χ1v) is 4.80. The van der Waals surface area contributed by atoms with Gasteiger partial charge in [-0.25, -0.2) is 0 Å². The first-order chi connectivity index (χ1) is 5.36. The molecule has 2 N–H and O–H groups in total. The van der Waals surface area contributed by atoms with Crippen LogP contribution in [0.5, 0.6) is 0 Å². The zero-order chi connectivity index (χ0) is 7.68. The van der Waals surface area contributed by atoms with Gasteiger partial charge in [-0.3, -0.25) is 0 Å². The molecule has 0 aliphatic carbocycles. The molecule has 2 rings (SSSR count). The average molecular weight is 154 g/mol. The quantitative estimate of drug-likeness (QED) is 0.578. The molecule has 0 aromatic rings. The normalized spacial score (nSPS) is 45.0. The lowest BCUT2D eigenvalue weighted by Gasteiger charge is -2.15. The van der Waals surface area contributed by atoms with E-state index in [4.69, 9.17) is 0 Å². The lowest BCUT2D eigenvalue weighted by Crippen LogP contribution is -2.20. The van der Waals surface area contributed by atoms with Gasteiger partial charge in [0.25, 0.3) is 0 Å². The predicted octanol–water partition coefficient (Wildman–Crippen LogP) is 0.594. The number of hydrogen-bond acceptors (Lipinski definition) is 2. The molecule has 2 nitrogen and oxygen atoms in total. The van der Waals surface area contributed by atoms with Crippen molar-refractivity contribution in [1.29, 1.82) is 0 Å². The van der Waals surface area contributed by atoms with Crippen molar-refractivity contribution in [3.05, 3.63) is 0 Å². The van der Waals surface area contributed by atoms with Gasteiger partial charge in [0.05, 0.1) is 0 Å². The van der Waals surface area contributed by atoms with Crippen LogP contribution in [-0.2, 0) is 0 Å². The third kappa shape index (κ3) is 1.57. The summed E-state index contributed by atoms with van der Waals surface area (Å²) in [7, 11) is 0. The second-order valence-corrected chi connectivity index (χ2v) is 4.06. The van der Waals surface area contributed by atoms with Gasteiger partial charge in [0.15, 0.2) is 0 Å². The standard InChI is InChI=1S/C9H18N2/c1-7-4-9(6-11-7)8-2-3-10-5-8/h7-11H,2-6H2,1H3. The van der Waals surface area contributed by atoms with Crippen LogP contribution in [0.15, 0.2) is 0 Å². The largest absolute Gasteiger partial charge is 0.316 e. The Hall–Kier alpha value is -0.0800. The minimum Gasteiger partial charge on any atom is -0.316 e. The topological polar surface area (TPSA) is 24.1 Å². The highest BCUT2D eigenvalue weighted by Crippen LogP contribution is 2.26. The second-order valence-electron chi connectivity index (χ2n) is 4.06. The molecule has 0 aromatic heterocycles. The second kappa shape index (κ2) is 3.11. The minimum absolute atomic E-state index is 0.764. The van der Waals surface area contributed by atoms with Crippen LogP contribution in [0.25, 0.3) is 0 Å². The molecule has 0 bridgehead atoms. The molecule has 0 spiro atoms. The van der Waals surface area contributed by atoms with Gasteiger partial charge in [0.2, 0.25) is 0 Å². The van der Waals surface area contributed by atoms with Crippen LogP contribution in [0.2, 0.25) is 0 Å². The van der Waals surface area contributed by atoms with Crippen molar-refractivity contribution >= 4 is 0 Å². The van der Waals surface area contributed by atoms with E-state index in [1.165, 1.54) is 32.5 Å². The van der Waals surface area contributed by atoms with Crippen LogP contribution >= 0.6 is 0 Å². The van der Waals surface area contributed by atoms with Crippen molar-refractivity contribution in [1.82, 2.24) is 10.6 Å². The summed E-state index contributed by atoms with van der Waals surface area (Å²) in [4.78, 5) is 0. The van der Waals surface area contributed by atoms with Crippen LogP contribution < -0.4 is 10.6 Å². The maximum atomic E-state index is 3.52. The zero-order valence-corrected chi connectivity index (χ0v) is 7.27. The molecule has 0 radical (unpaired) electrons. The van der Waals surface area contributed by atoms with Crippen LogP contribution in [0.1, 0.15) is 19.8 Å². The van der Waals surface area contributed by atoms with E-state index in [1.807, 2.05) is 0 Å². The fourth-order valence-electron chi connectivity index (χ4n) is 2.41. The van der Waals surface area contributed by atoms with Crippen molar-refractivity contribution in [2.75, 3.05) is 19.6 Å². The van der Waals surface area contributed by atoms with Crippen LogP contribution in [0.4, 0.5) is 0 Å². The van der Waals surface area contributed by atoms with E-state index >= 15 is 0 Å². The average Bonchev–Trinajstić information content (AvgIpc) is 2.55. The Morgan fingerprint density at radius 3 is 2.64 bits per heavy atom. The van der Waals surface area contributed by atoms with Gasteiger partial charge in [0.1, 0.15) is 0 Å². The fraction of sp³-hybridized carbons (Fsp3) is 1.00. The number of hydrogen-bond donors (Lipinski definition) is 2. The maximum Gasteiger partial charge on any atom is 0.00420 e. The van der Waals surface area contributed by atoms with Gasteiger partial charge in [-0.1, -0.05) is 0 Å². The molecule has 0 aromatic carbocycles. The molecular weight excluding hydrogens is 136 g/mol. The van der Waals surface area contributed by atoms with E-state index in [0.29, 0.717) is 0 Å². The molecule has 2 fully saturated rings. The van der Waals surface area contributed by atoms with Crippen molar-refractivity contribution < 1.29 is 0 Å². The van der Waals surface area contributed by atoms with E-state index < -0.39 is 0 Å². The predicted molar refractivity (Wildman–Crippen MR) is 46.5 cm³/mol. The van der Waals surface area contributed by atoms with E-state index in [1.54, 1.807) is 0 Å². The smallest absolute Gasteiger partial charge is 0.00420 e. The summed E-state index contributed by atoms with van der Waals surface area (Å²) < 4.78 is 0. The Morgan fingerprint density at radius 1 is 1.18 bits per heavy atom. The highest BCUT2D eigenvalue weighted by atomic mass is 15.0. The summed E-state index contributed by atoms with van der Waals surface area (Å²) in [5, 5.41) is 6.95. The minimum atomic E-state index is 0.764. The van der Waals surface area contributed by atoms with Gasteiger partial charge < -0.3 is 10.6 Å². The molecular formula is C9H18N2. The Labute approximate surface area is 68.7 Å². The summed E-state index contributed by atoms with van der Waals surface area (Å²) in [5.41, 5.74) is 0. The fourth-order valence-corrected chi connectivity index (χ4v) is 2.41. The summed E-state index contributed by atoms with van der Waals surface area (Å²) in [6.45, 7) is 6.06. The molecule has 2 saturated heterocycles. The van der Waals surface area contributed by atoms with E-state index in [9.17, 15) is 0 Å². The lowest BCUT2D eigenvalue weighted by atomic mass is 9.90. The number of nitrogens with one attached hydrogen (secondary N) is 2. The highest BCUT2D eigenvalue weighted by molar-refractivity contribution is 4.86. The molecule has 64 valence electrons. The van der Waals surface area contributed by atoms with Gasteiger partial charge in [-0.2, -0.15) is 0 Å². The molecule has 2 aliphatic heterocycles. The Kier molecular flexibility index (Phi) is 2.14. The molecule has 2 heteroatoms. The van der Waals surface area contributed by atoms with Crippen molar-refractivity contribution in [3.63, 3.8) is 0 Å². The van der Waals surface area contributed by atoms with Gasteiger partial charge in [-0.15, -0.1) is 0 Å². The molecule has 3 atom stereocenters. The summed E-state index contributed by atoms with van der Waals surface area (Å²) >= 11 is 0. The van der Waals surface area contributed by atoms with Crippen LogP contribution in [0.3, 0.4) is 0 Å². The van der Waals surface area contributed by atoms with Crippen LogP contribution in [0, 0.1) is 11.8 Å². The Morgan fingerprint density at radius 2 is 2.09 bits per heavy atom. The van der Waals surface area contributed by atoms with Crippen LogP contribution in [-0.4, -0.2) is 25.7 Å². The molecule has 0 amide bonds. The molecule has 2 heterocycles. The molecule has 0 saturated carbocycles. The van der Waals surface area contributed by atoms with Gasteiger partial charge >= 0.3 is 0 Å². The van der Waals surface area contributed by atoms with E-state index in [2.05, 4.69) is 17.6 Å². The van der Waals surface area contributed by atoms with Gasteiger partial charge in [-0.05, 0) is 51.2 Å². The lowest BCUT2D eigenvalue weighted by molar-refractivity contribution is 0.381. The van der Waals surface area contributed by atoms with Gasteiger partial charge in [0, 0.05) is 6.04 Å². The Bertz CT molecular complexity index is 130. The van der Waals surface area contributed by atoms with Crippen molar-refractivity contribution in [3.8, 4) is 0 Å². The third-order valence-corrected chi connectivity index (χ3v) is 3.15. The van der Waals surface area contributed by atoms with E-state index in [0.717, 1.165) is 17.9 Å². The molecule has 11 heavy (non-hydrogen) atoms. The number of rotatable bonds is 1. The van der Waals surface area contributed by atoms with Crippen molar-refractivity contribution in [2.45, 2.75) is 25.8 Å². The monoisotopic (exact) mass is 154 g/mol. The molecule has 3 unspecified atom stereocenters. The highest BCUT2D eigenvalue weighted by Gasteiger charge is 2.29. The van der Waals surface area contributed by atoms with E-state index in [-0.39, 0.29) is 0 Å². The zero-order valence-electron chi connectivity index (χ0n) is 7.27. The van der Waals surface area contributed by atoms with Crippen molar-refractivity contribution in [2.24, 2.45) is 11.8 Å². The summed E-state index contributed by atoms with van der Waals surface area (Å²) in [6.07, 6.45) is 2.80. The first kappa shape index (κ1) is 7.56. The summed E-state index contributed by atoms with van der Waals surface area (Å²) in [5.74, 6) is 1.92. The Balaban J connectivity index is 1.85. The maximum absolute atomic E-state index is 3.52. The third-order valence-electron chi connectivity index (χ3n) is 3.15. The molecule has 2 aliphatic rings.